The second-order valence-electron chi connectivity index (χ2n) is 5.03. The van der Waals surface area contributed by atoms with Gasteiger partial charge in [-0.15, -0.1) is 10.2 Å². The normalized spacial score (nSPS) is 22.6. The third kappa shape index (κ3) is 2.81. The van der Waals surface area contributed by atoms with Crippen molar-refractivity contribution in [2.45, 2.75) is 30.5 Å². The number of para-hydroxylation sites is 1. The Kier molecular flexibility index (Phi) is 3.73. The molecule has 8 heteroatoms. The average molecular weight is 328 g/mol. The molecule has 112 valence electrons. The maximum absolute atomic E-state index is 11.7. The average Bonchev–Trinajstić information content (AvgIpc) is 3.04. The molecule has 1 aliphatic rings. The molecule has 2 heterocycles. The Bertz CT molecular complexity index is 745. The molecule has 2 aromatic rings. The number of aromatic nitrogens is 3. The van der Waals surface area contributed by atoms with Gasteiger partial charge in [-0.25, -0.2) is 8.42 Å². The molecule has 0 radical (unpaired) electrons. The van der Waals surface area contributed by atoms with E-state index in [9.17, 15) is 8.42 Å². The van der Waals surface area contributed by atoms with Gasteiger partial charge in [0.05, 0.1) is 12.7 Å². The quantitative estimate of drug-likeness (QED) is 0.807. The Morgan fingerprint density at radius 3 is 2.57 bits per heavy atom. The minimum Gasteiger partial charge on any atom is -0.378 e. The molecule has 1 aliphatic heterocycles. The highest BCUT2D eigenvalue weighted by atomic mass is 35.7. The zero-order chi connectivity index (χ0) is 15.0. The summed E-state index contributed by atoms with van der Waals surface area (Å²) in [5.41, 5.74) is 0.663. The largest absolute Gasteiger partial charge is 0.378 e. The van der Waals surface area contributed by atoms with Crippen molar-refractivity contribution in [3.8, 4) is 5.69 Å². The lowest BCUT2D eigenvalue weighted by atomic mass is 10.1. The maximum Gasteiger partial charge on any atom is 0.297 e. The van der Waals surface area contributed by atoms with Crippen LogP contribution < -0.4 is 0 Å². The Balaban J connectivity index is 2.16. The van der Waals surface area contributed by atoms with Crippen LogP contribution in [0.4, 0.5) is 0 Å². The van der Waals surface area contributed by atoms with Crippen LogP contribution in [0.1, 0.15) is 25.1 Å². The van der Waals surface area contributed by atoms with Crippen molar-refractivity contribution in [3.63, 3.8) is 0 Å². The zero-order valence-corrected chi connectivity index (χ0v) is 12.9. The van der Waals surface area contributed by atoms with Crippen molar-refractivity contribution in [3.05, 3.63) is 36.2 Å². The molecule has 1 aromatic carbocycles. The van der Waals surface area contributed by atoms with E-state index in [4.69, 9.17) is 15.4 Å². The number of rotatable bonds is 3. The number of nitrogens with zero attached hydrogens (tertiary/aromatic N) is 3. The molecule has 0 bridgehead atoms. The van der Waals surface area contributed by atoms with Gasteiger partial charge in [-0.05, 0) is 25.5 Å². The second-order valence-corrected chi connectivity index (χ2v) is 7.49. The first-order chi connectivity index (χ1) is 9.97. The van der Waals surface area contributed by atoms with E-state index in [1.54, 1.807) is 12.1 Å². The Morgan fingerprint density at radius 2 is 2.00 bits per heavy atom. The topological polar surface area (TPSA) is 74.1 Å². The highest BCUT2D eigenvalue weighted by molar-refractivity contribution is 8.13. The van der Waals surface area contributed by atoms with E-state index in [1.165, 1.54) is 4.57 Å². The Labute approximate surface area is 127 Å². The monoisotopic (exact) mass is 327 g/mol. The minimum atomic E-state index is -3.98. The predicted molar refractivity (Wildman–Crippen MR) is 77.2 cm³/mol. The Morgan fingerprint density at radius 1 is 1.29 bits per heavy atom. The van der Waals surface area contributed by atoms with Gasteiger partial charge in [0.15, 0.2) is 0 Å². The van der Waals surface area contributed by atoms with Crippen LogP contribution in [0.15, 0.2) is 35.5 Å². The van der Waals surface area contributed by atoms with E-state index >= 15 is 0 Å². The molecule has 6 nitrogen and oxygen atoms in total. The van der Waals surface area contributed by atoms with Crippen molar-refractivity contribution < 1.29 is 13.2 Å². The zero-order valence-electron chi connectivity index (χ0n) is 11.3. The van der Waals surface area contributed by atoms with Crippen LogP contribution in [0.5, 0.6) is 0 Å². The first-order valence-electron chi connectivity index (χ1n) is 6.54. The van der Waals surface area contributed by atoms with Crippen LogP contribution in [0.25, 0.3) is 5.69 Å². The number of ether oxygens (including phenoxy) is 1. The minimum absolute atomic E-state index is 0.000118. The van der Waals surface area contributed by atoms with Gasteiger partial charge in [0.25, 0.3) is 14.2 Å². The van der Waals surface area contributed by atoms with E-state index in [0.717, 1.165) is 6.42 Å². The summed E-state index contributed by atoms with van der Waals surface area (Å²) in [6.07, 6.45) is 0.889. The number of benzene rings is 1. The van der Waals surface area contributed by atoms with Gasteiger partial charge in [-0.2, -0.15) is 0 Å². The van der Waals surface area contributed by atoms with E-state index in [-0.39, 0.29) is 17.2 Å². The third-order valence-electron chi connectivity index (χ3n) is 3.45. The summed E-state index contributed by atoms with van der Waals surface area (Å²) in [5.74, 6) is 0.560. The molecule has 1 aromatic heterocycles. The molecule has 1 saturated heterocycles. The van der Waals surface area contributed by atoms with Gasteiger partial charge in [0, 0.05) is 22.3 Å². The highest BCUT2D eigenvalue weighted by Crippen LogP contribution is 2.31. The van der Waals surface area contributed by atoms with Crippen molar-refractivity contribution in [2.75, 3.05) is 6.61 Å². The Hall–Kier alpha value is -1.44. The molecule has 0 N–H and O–H groups in total. The van der Waals surface area contributed by atoms with Crippen molar-refractivity contribution in [1.29, 1.82) is 0 Å². The molecule has 2 atom stereocenters. The summed E-state index contributed by atoms with van der Waals surface area (Å²) in [5, 5.41) is 7.56. The van der Waals surface area contributed by atoms with Crippen molar-refractivity contribution >= 4 is 19.7 Å². The molecule has 0 saturated carbocycles. The van der Waals surface area contributed by atoms with Crippen molar-refractivity contribution in [1.82, 2.24) is 14.8 Å². The van der Waals surface area contributed by atoms with Gasteiger partial charge in [-0.3, -0.25) is 4.57 Å². The fourth-order valence-corrected chi connectivity index (χ4v) is 3.38. The molecule has 0 amide bonds. The maximum atomic E-state index is 11.7. The van der Waals surface area contributed by atoms with Crippen LogP contribution in [-0.2, 0) is 13.8 Å². The summed E-state index contributed by atoms with van der Waals surface area (Å²) >= 11 is 0. The molecule has 3 rings (SSSR count). The number of hydrogen-bond acceptors (Lipinski definition) is 5. The number of hydrogen-bond donors (Lipinski definition) is 0. The molecule has 21 heavy (non-hydrogen) atoms. The van der Waals surface area contributed by atoms with Gasteiger partial charge in [-0.1, -0.05) is 18.2 Å². The lowest BCUT2D eigenvalue weighted by molar-refractivity contribution is 0.123. The van der Waals surface area contributed by atoms with Gasteiger partial charge < -0.3 is 4.74 Å². The van der Waals surface area contributed by atoms with E-state index in [0.29, 0.717) is 18.1 Å². The summed E-state index contributed by atoms with van der Waals surface area (Å²) < 4.78 is 30.5. The van der Waals surface area contributed by atoms with Crippen molar-refractivity contribution in [2.24, 2.45) is 0 Å². The first-order valence-corrected chi connectivity index (χ1v) is 8.84. The highest BCUT2D eigenvalue weighted by Gasteiger charge is 2.32. The standard InChI is InChI=1S/C13H14ClN3O3S/c1-9-7-10(8-20-9)12-15-16-13(21(14,18)19)17(12)11-5-3-2-4-6-11/h2-6,9-10H,7-8H2,1H3. The fourth-order valence-electron chi connectivity index (χ4n) is 2.52. The first kappa shape index (κ1) is 14.5. The van der Waals surface area contributed by atoms with Crippen LogP contribution in [-0.4, -0.2) is 35.9 Å². The molecular weight excluding hydrogens is 314 g/mol. The van der Waals surface area contributed by atoms with Gasteiger partial charge >= 0.3 is 0 Å². The summed E-state index contributed by atoms with van der Waals surface area (Å²) in [6.45, 7) is 2.47. The SMILES string of the molecule is CC1CC(c2nnc(S(=O)(=O)Cl)n2-c2ccccc2)CO1. The van der Waals surface area contributed by atoms with Gasteiger partial charge in [0.2, 0.25) is 0 Å². The van der Waals surface area contributed by atoms with E-state index in [1.807, 2.05) is 25.1 Å². The predicted octanol–water partition coefficient (Wildman–Crippen LogP) is 2.09. The summed E-state index contributed by atoms with van der Waals surface area (Å²) in [7, 11) is 1.50. The van der Waals surface area contributed by atoms with E-state index < -0.39 is 9.05 Å². The van der Waals surface area contributed by atoms with Gasteiger partial charge in [0.1, 0.15) is 5.82 Å². The summed E-state index contributed by atoms with van der Waals surface area (Å²) in [4.78, 5) is 0. The molecular formula is C13H14ClN3O3S. The van der Waals surface area contributed by atoms with Crippen LogP contribution in [0.2, 0.25) is 0 Å². The van der Waals surface area contributed by atoms with Crippen LogP contribution >= 0.6 is 10.7 Å². The molecule has 0 aliphatic carbocycles. The third-order valence-corrected chi connectivity index (χ3v) is 4.57. The number of halogens is 1. The molecule has 0 spiro atoms. The molecule has 1 fully saturated rings. The smallest absolute Gasteiger partial charge is 0.297 e. The van der Waals surface area contributed by atoms with Crippen LogP contribution in [0, 0.1) is 0 Å². The molecule has 2 unspecified atom stereocenters. The van der Waals surface area contributed by atoms with E-state index in [2.05, 4.69) is 10.2 Å². The van der Waals surface area contributed by atoms with Crippen LogP contribution in [0.3, 0.4) is 0 Å². The summed E-state index contributed by atoms with van der Waals surface area (Å²) in [6, 6.07) is 9.06. The second kappa shape index (κ2) is 5.40. The lowest BCUT2D eigenvalue weighted by Crippen LogP contribution is -2.11. The fraction of sp³-hybridized carbons (Fsp3) is 0.385. The lowest BCUT2D eigenvalue weighted by Gasteiger charge is -2.12.